The first-order valence-electron chi connectivity index (χ1n) is 11.3. The molecule has 38 heavy (non-hydrogen) atoms. The fourth-order valence-corrected chi connectivity index (χ4v) is 4.33. The van der Waals surface area contributed by atoms with E-state index < -0.39 is 17.7 Å². The van der Waals surface area contributed by atoms with Gasteiger partial charge in [-0.1, -0.05) is 68.5 Å². The first kappa shape index (κ1) is 29.7. The quantitative estimate of drug-likeness (QED) is 0.159. The van der Waals surface area contributed by atoms with Crippen molar-refractivity contribution in [3.05, 3.63) is 129 Å². The molecule has 1 atom stereocenters. The van der Waals surface area contributed by atoms with Crippen LogP contribution in [0.1, 0.15) is 59.8 Å². The summed E-state index contributed by atoms with van der Waals surface area (Å²) in [5.41, 5.74) is 4.45. The van der Waals surface area contributed by atoms with Crippen LogP contribution >= 0.6 is 0 Å². The molecule has 1 heterocycles. The lowest BCUT2D eigenvalue weighted by Crippen LogP contribution is -2.18. The largest absolute Gasteiger partial charge is 0.478 e. The Hall–Kier alpha value is -4.52. The van der Waals surface area contributed by atoms with E-state index in [0.717, 1.165) is 11.1 Å². The molecule has 3 aromatic carbocycles. The lowest BCUT2D eigenvalue weighted by molar-refractivity contribution is 0.0697. The first-order chi connectivity index (χ1) is 17.3. The maximum atomic E-state index is 15.6. The van der Waals surface area contributed by atoms with E-state index in [9.17, 15) is 14.8 Å². The van der Waals surface area contributed by atoms with E-state index in [1.165, 1.54) is 28.8 Å². The normalized spacial score (nSPS) is 11.7. The van der Waals surface area contributed by atoms with Crippen LogP contribution in [0.3, 0.4) is 0 Å². The Labute approximate surface area is 222 Å². The minimum atomic E-state index is -1.02. The third kappa shape index (κ3) is 6.24. The molecule has 0 aliphatic rings. The van der Waals surface area contributed by atoms with Gasteiger partial charge in [0.1, 0.15) is 5.82 Å². The van der Waals surface area contributed by atoms with Crippen LogP contribution in [-0.4, -0.2) is 26.6 Å². The number of carboxylic acids is 1. The molecule has 198 valence electrons. The Morgan fingerprint density at radius 3 is 2.13 bits per heavy atom. The van der Waals surface area contributed by atoms with Crippen molar-refractivity contribution in [2.24, 2.45) is 12.2 Å². The highest BCUT2D eigenvalue weighted by Crippen LogP contribution is 2.35. The minimum Gasteiger partial charge on any atom is -0.478 e. The van der Waals surface area contributed by atoms with E-state index in [1.54, 1.807) is 43.6 Å². The predicted molar refractivity (Wildman–Crippen MR) is 150 cm³/mol. The van der Waals surface area contributed by atoms with Crippen LogP contribution in [0, 0.1) is 12.7 Å². The van der Waals surface area contributed by atoms with Crippen molar-refractivity contribution in [1.29, 1.82) is 0 Å². The third-order valence-corrected chi connectivity index (χ3v) is 6.34. The number of oxime groups is 1. The number of rotatable bonds is 7. The molecular weight excluding hydrogens is 483 g/mol. The molecule has 4 rings (SSSR count). The Morgan fingerprint density at radius 2 is 1.55 bits per heavy atom. The number of benzene rings is 3. The van der Waals surface area contributed by atoms with E-state index in [4.69, 9.17) is 5.11 Å². The van der Waals surface area contributed by atoms with Crippen molar-refractivity contribution in [2.45, 2.75) is 34.1 Å². The van der Waals surface area contributed by atoms with Crippen LogP contribution in [0.25, 0.3) is 11.1 Å². The van der Waals surface area contributed by atoms with Gasteiger partial charge >= 0.3 is 5.97 Å². The summed E-state index contributed by atoms with van der Waals surface area (Å²) in [5.74, 6) is -1.91. The molecule has 1 aromatic heterocycles. The van der Waals surface area contributed by atoms with Crippen LogP contribution in [0.4, 0.5) is 4.39 Å². The summed E-state index contributed by atoms with van der Waals surface area (Å²) in [6, 6.07) is 21.8. The topological polar surface area (TPSA) is 91.9 Å². The van der Waals surface area contributed by atoms with Crippen molar-refractivity contribution in [3.8, 4) is 11.1 Å². The Morgan fingerprint density at radius 1 is 0.921 bits per heavy atom. The molecule has 0 fully saturated rings. The number of carbonyl (C=O) groups is 1. The second kappa shape index (κ2) is 12.6. The van der Waals surface area contributed by atoms with Gasteiger partial charge in [0.15, 0.2) is 0 Å². The Bertz CT molecular complexity index is 1510. The van der Waals surface area contributed by atoms with Crippen molar-refractivity contribution < 1.29 is 19.5 Å². The molecule has 0 saturated heterocycles. The van der Waals surface area contributed by atoms with E-state index in [2.05, 4.69) is 5.16 Å². The van der Waals surface area contributed by atoms with Crippen LogP contribution < -0.4 is 5.56 Å². The number of hydrogen-bond acceptors (Lipinski definition) is 4. The van der Waals surface area contributed by atoms with Crippen LogP contribution in [0.2, 0.25) is 0 Å². The van der Waals surface area contributed by atoms with E-state index in [0.29, 0.717) is 28.0 Å². The van der Waals surface area contributed by atoms with Crippen molar-refractivity contribution in [2.75, 3.05) is 0 Å². The molecule has 7 heteroatoms. The number of halogens is 1. The average Bonchev–Trinajstić information content (AvgIpc) is 2.87. The number of aromatic carboxylic acids is 1. The van der Waals surface area contributed by atoms with Crippen LogP contribution in [0.5, 0.6) is 0 Å². The number of aryl methyl sites for hydroxylation is 2. The minimum absolute atomic E-state index is 0. The second-order valence-corrected chi connectivity index (χ2v) is 8.65. The lowest BCUT2D eigenvalue weighted by atomic mass is 9.83. The van der Waals surface area contributed by atoms with Gasteiger partial charge in [-0.3, -0.25) is 4.79 Å². The van der Waals surface area contributed by atoms with Gasteiger partial charge in [0.25, 0.3) is 0 Å². The Kier molecular flexibility index (Phi) is 9.88. The molecule has 1 unspecified atom stereocenters. The standard InChI is InChI=1S/C29H25FN2O4.2CH4/c1-18-5-3-4-6-23(18)25(16-27(31-36)22-12-14-28(33)32(2)17-22)24-13-11-21(15-26(24)30)19-7-9-20(10-8-19)29(34)35;;/h3-15,17,25,36H,16H2,1-2H3,(H,34,35);2*1H4/b31-27+;;. The SMILES string of the molecule is C.C.Cc1ccccc1C(C/C(=N\O)c1ccc(=O)n(C)c1)c1ccc(-c2ccc(C(=O)O)cc2)cc1F. The van der Waals surface area contributed by atoms with Gasteiger partial charge in [0.05, 0.1) is 11.3 Å². The first-order valence-corrected chi connectivity index (χ1v) is 11.3. The highest BCUT2D eigenvalue weighted by molar-refractivity contribution is 6.00. The zero-order valence-corrected chi connectivity index (χ0v) is 19.9. The summed E-state index contributed by atoms with van der Waals surface area (Å²) < 4.78 is 17.0. The van der Waals surface area contributed by atoms with Gasteiger partial charge in [0, 0.05) is 37.2 Å². The van der Waals surface area contributed by atoms with Crippen molar-refractivity contribution in [1.82, 2.24) is 4.57 Å². The van der Waals surface area contributed by atoms with Gasteiger partial charge in [-0.05, 0) is 59.0 Å². The van der Waals surface area contributed by atoms with Gasteiger partial charge in [0.2, 0.25) is 5.56 Å². The Balaban J connectivity index is 0.00000253. The third-order valence-electron chi connectivity index (χ3n) is 6.34. The smallest absolute Gasteiger partial charge is 0.335 e. The number of hydrogen-bond donors (Lipinski definition) is 2. The van der Waals surface area contributed by atoms with Crippen LogP contribution in [0.15, 0.2) is 95.0 Å². The molecular formula is C31H33FN2O4. The molecule has 0 aliphatic heterocycles. The molecule has 0 bridgehead atoms. The number of aromatic nitrogens is 1. The maximum absolute atomic E-state index is 15.6. The van der Waals surface area contributed by atoms with Gasteiger partial charge < -0.3 is 14.9 Å². The summed E-state index contributed by atoms with van der Waals surface area (Å²) in [6.07, 6.45) is 1.79. The van der Waals surface area contributed by atoms with Crippen molar-refractivity contribution >= 4 is 11.7 Å². The summed E-state index contributed by atoms with van der Waals surface area (Å²) in [4.78, 5) is 23.0. The number of carboxylic acid groups (broad SMARTS) is 1. The molecule has 6 nitrogen and oxygen atoms in total. The molecule has 0 spiro atoms. The fourth-order valence-electron chi connectivity index (χ4n) is 4.33. The van der Waals surface area contributed by atoms with Crippen molar-refractivity contribution in [3.63, 3.8) is 0 Å². The monoisotopic (exact) mass is 516 g/mol. The van der Waals surface area contributed by atoms with Gasteiger partial charge in [-0.25, -0.2) is 9.18 Å². The summed E-state index contributed by atoms with van der Waals surface area (Å²) in [7, 11) is 1.61. The fraction of sp³-hybridized carbons (Fsp3) is 0.194. The van der Waals surface area contributed by atoms with E-state index in [-0.39, 0.29) is 32.4 Å². The zero-order valence-electron chi connectivity index (χ0n) is 19.9. The summed E-state index contributed by atoms with van der Waals surface area (Å²) in [6.45, 7) is 1.95. The summed E-state index contributed by atoms with van der Waals surface area (Å²) >= 11 is 0. The molecule has 2 N–H and O–H groups in total. The van der Waals surface area contributed by atoms with Crippen LogP contribution in [-0.2, 0) is 7.05 Å². The molecule has 4 aromatic rings. The molecule has 0 radical (unpaired) electrons. The molecule has 0 saturated carbocycles. The summed E-state index contributed by atoms with van der Waals surface area (Å²) in [5, 5.41) is 22.5. The molecule has 0 amide bonds. The number of nitrogens with zero attached hydrogens (tertiary/aromatic N) is 2. The highest BCUT2D eigenvalue weighted by atomic mass is 19.1. The lowest BCUT2D eigenvalue weighted by Gasteiger charge is -2.22. The average molecular weight is 517 g/mol. The maximum Gasteiger partial charge on any atom is 0.335 e. The van der Waals surface area contributed by atoms with E-state index in [1.807, 2.05) is 31.2 Å². The highest BCUT2D eigenvalue weighted by Gasteiger charge is 2.23. The number of pyridine rings is 1. The second-order valence-electron chi connectivity index (χ2n) is 8.65. The van der Waals surface area contributed by atoms with E-state index >= 15 is 4.39 Å². The van der Waals surface area contributed by atoms with Gasteiger partial charge in [-0.2, -0.15) is 0 Å². The zero-order chi connectivity index (χ0) is 25.8. The predicted octanol–water partition coefficient (Wildman–Crippen LogP) is 6.87. The van der Waals surface area contributed by atoms with Gasteiger partial charge in [-0.15, -0.1) is 0 Å². The molecule has 0 aliphatic carbocycles.